The summed E-state index contributed by atoms with van der Waals surface area (Å²) in [6.45, 7) is -0.946. The monoisotopic (exact) mass is 717 g/mol. The molecule has 0 spiro atoms. The van der Waals surface area contributed by atoms with Crippen LogP contribution in [0.1, 0.15) is 45.8 Å². The van der Waals surface area contributed by atoms with E-state index < -0.39 is 66.9 Å². The average molecular weight is 718 g/mol. The largest absolute Gasteiger partial charge is 0.508 e. The van der Waals surface area contributed by atoms with Crippen molar-refractivity contribution in [1.29, 1.82) is 0 Å². The minimum atomic E-state index is -1.80. The third-order valence-corrected chi connectivity index (χ3v) is 9.48. The molecular formula is C37H39N3O12. The number of aryl methyl sites for hydroxylation is 1. The molecule has 1 aromatic heterocycles. The van der Waals surface area contributed by atoms with Gasteiger partial charge in [-0.25, -0.2) is 9.78 Å². The molecule has 1 amide bonds. The number of hydrogen-bond acceptors (Lipinski definition) is 12. The molecule has 274 valence electrons. The van der Waals surface area contributed by atoms with E-state index in [-0.39, 0.29) is 30.2 Å². The zero-order valence-electron chi connectivity index (χ0n) is 27.7. The first kappa shape index (κ1) is 36.5. The fourth-order valence-electron chi connectivity index (χ4n) is 6.77. The zero-order chi connectivity index (χ0) is 37.1. The summed E-state index contributed by atoms with van der Waals surface area (Å²) in [7, 11) is 0. The second-order valence-electron chi connectivity index (χ2n) is 12.7. The summed E-state index contributed by atoms with van der Waals surface area (Å²) >= 11 is 0. The molecule has 0 bridgehead atoms. The number of aromatic amines is 1. The number of hydrogen-bond donors (Lipinski definition) is 9. The van der Waals surface area contributed by atoms with Gasteiger partial charge in [-0.15, -0.1) is 0 Å². The van der Waals surface area contributed by atoms with Crippen LogP contribution in [0, 0.1) is 0 Å². The predicted octanol–water partition coefficient (Wildman–Crippen LogP) is 1.31. The van der Waals surface area contributed by atoms with E-state index in [0.717, 1.165) is 16.2 Å². The summed E-state index contributed by atoms with van der Waals surface area (Å²) in [5, 5.41) is 82.6. The van der Waals surface area contributed by atoms with E-state index in [1.807, 2.05) is 6.07 Å². The van der Waals surface area contributed by atoms with Crippen LogP contribution in [0.25, 0.3) is 6.08 Å². The summed E-state index contributed by atoms with van der Waals surface area (Å²) < 4.78 is 11.2. The molecule has 0 aliphatic carbocycles. The van der Waals surface area contributed by atoms with Crippen molar-refractivity contribution in [3.8, 4) is 17.2 Å². The smallest absolute Gasteiger partial charge is 0.327 e. The molecule has 52 heavy (non-hydrogen) atoms. The van der Waals surface area contributed by atoms with Gasteiger partial charge in [0.05, 0.1) is 25.2 Å². The number of phenolic OH excluding ortho intramolecular Hbond substituents is 2. The number of benzene rings is 3. The van der Waals surface area contributed by atoms with E-state index >= 15 is 0 Å². The summed E-state index contributed by atoms with van der Waals surface area (Å²) in [5.41, 5.74) is 3.71. The molecule has 3 aromatic carbocycles. The molecule has 15 heteroatoms. The van der Waals surface area contributed by atoms with Crippen LogP contribution in [0.5, 0.6) is 17.2 Å². The number of nitrogens with one attached hydrogen (secondary N) is 1. The van der Waals surface area contributed by atoms with Gasteiger partial charge in [0.2, 0.25) is 6.29 Å². The Kier molecular flexibility index (Phi) is 10.9. The number of amides is 1. The van der Waals surface area contributed by atoms with Gasteiger partial charge in [-0.3, -0.25) is 9.69 Å². The van der Waals surface area contributed by atoms with Gasteiger partial charge in [-0.05, 0) is 59.4 Å². The number of carbonyl (C=O) groups excluding carboxylic acids is 1. The number of rotatable bonds is 12. The fourth-order valence-corrected chi connectivity index (χ4v) is 6.77. The number of aliphatic hydroxyl groups is 5. The van der Waals surface area contributed by atoms with Crippen LogP contribution in [-0.2, 0) is 33.8 Å². The first-order valence-electron chi connectivity index (χ1n) is 16.6. The second kappa shape index (κ2) is 15.5. The van der Waals surface area contributed by atoms with E-state index in [1.165, 1.54) is 36.7 Å². The third kappa shape index (κ3) is 7.36. The molecule has 1 saturated heterocycles. The summed E-state index contributed by atoms with van der Waals surface area (Å²) in [4.78, 5) is 35.1. The lowest BCUT2D eigenvalue weighted by molar-refractivity contribution is -0.277. The van der Waals surface area contributed by atoms with Crippen LogP contribution >= 0.6 is 0 Å². The predicted molar refractivity (Wildman–Crippen MR) is 183 cm³/mol. The maximum absolute atomic E-state index is 14.0. The van der Waals surface area contributed by atoms with Crippen molar-refractivity contribution in [2.75, 3.05) is 11.5 Å². The van der Waals surface area contributed by atoms with E-state index in [1.54, 1.807) is 36.5 Å². The van der Waals surface area contributed by atoms with Crippen molar-refractivity contribution in [3.05, 3.63) is 107 Å². The Morgan fingerprint density at radius 3 is 2.40 bits per heavy atom. The molecule has 2 aliphatic heterocycles. The molecular weight excluding hydrogens is 678 g/mol. The summed E-state index contributed by atoms with van der Waals surface area (Å²) in [6.07, 6.45) is -1.51. The van der Waals surface area contributed by atoms with E-state index in [9.17, 15) is 50.4 Å². The zero-order valence-corrected chi connectivity index (χ0v) is 27.7. The number of carboxylic acids is 1. The Morgan fingerprint density at radius 2 is 1.71 bits per heavy atom. The maximum atomic E-state index is 14.0. The average Bonchev–Trinajstić information content (AvgIpc) is 3.77. The molecule has 1 fully saturated rings. The molecule has 4 aromatic rings. The highest BCUT2D eigenvalue weighted by atomic mass is 16.7. The number of nitrogens with zero attached hydrogens (tertiary/aromatic N) is 2. The van der Waals surface area contributed by atoms with Gasteiger partial charge in [-0.1, -0.05) is 30.3 Å². The molecule has 0 radical (unpaired) electrons. The highest BCUT2D eigenvalue weighted by molar-refractivity contribution is 6.09. The summed E-state index contributed by atoms with van der Waals surface area (Å²) in [6, 6.07) is 13.0. The number of imidazole rings is 1. The van der Waals surface area contributed by atoms with E-state index in [4.69, 9.17) is 9.47 Å². The highest BCUT2D eigenvalue weighted by Gasteiger charge is 2.48. The molecule has 0 unspecified atom stereocenters. The van der Waals surface area contributed by atoms with Crippen LogP contribution < -0.4 is 9.64 Å². The number of ether oxygens (including phenoxy) is 2. The number of phenols is 2. The van der Waals surface area contributed by atoms with Gasteiger partial charge in [0.15, 0.2) is 11.5 Å². The Morgan fingerprint density at radius 1 is 0.942 bits per heavy atom. The number of carboxylic acid groups (broad SMARTS) is 1. The standard InChI is InChI=1S/C37H39N3O12/c41-16-21-4-2-1-3-20(21)7-8-24-25-13-28(44)29(51-37-35(48)34(47)33(46)30(17-42)52-37)14-26(25)40(32(24)36(49)50)31(45)10-6-19-5-9-27(43)22(11-19)12-23-15-38-18-39-23/h1-6,9-11,13-15,18,24,30,32-35,37,41-44,46-48H,7-8,12,16-17H2,(H,38,39)(H,49,50)/b10-6+/t24-,30-,32-,33-,34+,35-,37-/m1/s1. The summed E-state index contributed by atoms with van der Waals surface area (Å²) in [5.74, 6) is -3.66. The fraction of sp³-hybridized carbons (Fsp3) is 0.324. The van der Waals surface area contributed by atoms with Crippen molar-refractivity contribution in [3.63, 3.8) is 0 Å². The normalized spacial score (nSPS) is 24.2. The number of fused-ring (bicyclic) bond motifs is 1. The van der Waals surface area contributed by atoms with Crippen molar-refractivity contribution in [2.24, 2.45) is 0 Å². The van der Waals surface area contributed by atoms with Crippen LogP contribution in [0.3, 0.4) is 0 Å². The first-order valence-corrected chi connectivity index (χ1v) is 16.6. The molecule has 2 aliphatic rings. The SMILES string of the molecule is O=C(O)[C@H]1[C@H](CCc2ccccc2CO)c2cc(O)c(O[C@@H]3O[C@H](CO)[C@@H](O)[C@H](O)[C@H]3O)cc2N1C(=O)/C=C/c1ccc(O)c(Cc2cnc[nH]2)c1. The minimum absolute atomic E-state index is 0.0369. The van der Waals surface area contributed by atoms with Crippen LogP contribution in [0.2, 0.25) is 0 Å². The lowest BCUT2D eigenvalue weighted by Crippen LogP contribution is -2.60. The van der Waals surface area contributed by atoms with E-state index in [0.29, 0.717) is 35.1 Å². The van der Waals surface area contributed by atoms with Crippen molar-refractivity contribution in [1.82, 2.24) is 9.97 Å². The van der Waals surface area contributed by atoms with Gasteiger partial charge in [-0.2, -0.15) is 0 Å². The molecule has 0 saturated carbocycles. The third-order valence-electron chi connectivity index (χ3n) is 9.48. The Labute approximate surface area is 297 Å². The van der Waals surface area contributed by atoms with Gasteiger partial charge < -0.3 is 55.3 Å². The van der Waals surface area contributed by atoms with Crippen LogP contribution in [0.15, 0.2) is 73.2 Å². The lowest BCUT2D eigenvalue weighted by atomic mass is 9.87. The number of aliphatic carboxylic acids is 1. The second-order valence-corrected chi connectivity index (χ2v) is 12.7. The van der Waals surface area contributed by atoms with Crippen LogP contribution in [-0.4, -0.2) is 106 Å². The van der Waals surface area contributed by atoms with Gasteiger partial charge >= 0.3 is 5.97 Å². The van der Waals surface area contributed by atoms with Gasteiger partial charge in [0, 0.05) is 41.9 Å². The molecule has 15 nitrogen and oxygen atoms in total. The number of H-pyrrole nitrogens is 1. The number of carbonyl (C=O) groups is 2. The maximum Gasteiger partial charge on any atom is 0.327 e. The van der Waals surface area contributed by atoms with Gasteiger partial charge in [0.25, 0.3) is 5.91 Å². The molecule has 7 atom stereocenters. The minimum Gasteiger partial charge on any atom is -0.508 e. The number of aromatic hydroxyl groups is 2. The number of anilines is 1. The molecule has 9 N–H and O–H groups in total. The van der Waals surface area contributed by atoms with Crippen molar-refractivity contribution >= 4 is 23.6 Å². The molecule has 6 rings (SSSR count). The van der Waals surface area contributed by atoms with Gasteiger partial charge in [0.1, 0.15) is 36.2 Å². The Hall–Kier alpha value is -5.29. The molecule has 3 heterocycles. The lowest BCUT2D eigenvalue weighted by Gasteiger charge is -2.39. The highest BCUT2D eigenvalue weighted by Crippen LogP contribution is 2.49. The Bertz CT molecular complexity index is 1930. The Balaban J connectivity index is 1.35. The number of aliphatic hydroxyl groups excluding tert-OH is 5. The topological polar surface area (TPSA) is 246 Å². The number of aromatic nitrogens is 2. The van der Waals surface area contributed by atoms with E-state index in [2.05, 4.69) is 9.97 Å². The first-order chi connectivity index (χ1) is 25.0. The van der Waals surface area contributed by atoms with Crippen molar-refractivity contribution < 1.29 is 59.9 Å². The van der Waals surface area contributed by atoms with Crippen molar-refractivity contribution in [2.45, 2.75) is 68.5 Å². The van der Waals surface area contributed by atoms with Crippen LogP contribution in [0.4, 0.5) is 5.69 Å². The quantitative estimate of drug-likeness (QED) is 0.0940.